The maximum absolute atomic E-state index is 12.3. The number of carbonyl (C=O) groups excluding carboxylic acids is 2. The van der Waals surface area contributed by atoms with Gasteiger partial charge in [-0.25, -0.2) is 0 Å². The number of amides is 2. The Bertz CT molecular complexity index is 669. The summed E-state index contributed by atoms with van der Waals surface area (Å²) in [5, 5.41) is 3.57. The molecule has 0 aliphatic rings. The first-order valence-electron chi connectivity index (χ1n) is 6.98. The average molecular weight is 285 g/mol. The van der Waals surface area contributed by atoms with E-state index in [0.717, 1.165) is 17.3 Å². The molecule has 5 nitrogen and oxygen atoms in total. The Kier molecular flexibility index (Phi) is 4.52. The van der Waals surface area contributed by atoms with E-state index in [1.54, 1.807) is 6.07 Å². The molecule has 0 fully saturated rings. The van der Waals surface area contributed by atoms with Crippen molar-refractivity contribution in [3.8, 4) is 0 Å². The highest BCUT2D eigenvalue weighted by atomic mass is 16.2. The summed E-state index contributed by atoms with van der Waals surface area (Å²) in [6, 6.07) is 8.63. The van der Waals surface area contributed by atoms with Crippen molar-refractivity contribution >= 4 is 22.7 Å². The van der Waals surface area contributed by atoms with Gasteiger partial charge in [-0.2, -0.15) is 0 Å². The quantitative estimate of drug-likeness (QED) is 0.879. The number of carbonyl (C=O) groups is 2. The van der Waals surface area contributed by atoms with E-state index in [4.69, 9.17) is 5.73 Å². The number of rotatable bonds is 5. The topological polar surface area (TPSA) is 85.1 Å². The summed E-state index contributed by atoms with van der Waals surface area (Å²) < 4.78 is 0. The van der Waals surface area contributed by atoms with Crippen molar-refractivity contribution in [1.82, 2.24) is 10.3 Å². The largest absolute Gasteiger partial charge is 0.368 e. The first kappa shape index (κ1) is 15.0. The molecule has 0 saturated heterocycles. The van der Waals surface area contributed by atoms with Crippen LogP contribution in [0.15, 0.2) is 36.5 Å². The molecule has 1 heterocycles. The summed E-state index contributed by atoms with van der Waals surface area (Å²) in [4.78, 5) is 28.0. The van der Waals surface area contributed by atoms with Gasteiger partial charge >= 0.3 is 0 Å². The van der Waals surface area contributed by atoms with Crippen LogP contribution in [-0.2, 0) is 4.79 Å². The summed E-state index contributed by atoms with van der Waals surface area (Å²) in [5.74, 6) is -0.872. The number of nitrogens with zero attached hydrogens (tertiary/aromatic N) is 1. The first-order valence-corrected chi connectivity index (χ1v) is 6.98. The normalized spacial score (nSPS) is 13.6. The van der Waals surface area contributed by atoms with E-state index in [1.165, 1.54) is 6.20 Å². The Morgan fingerprint density at radius 3 is 2.71 bits per heavy atom. The van der Waals surface area contributed by atoms with Gasteiger partial charge in [0, 0.05) is 11.6 Å². The Morgan fingerprint density at radius 1 is 1.33 bits per heavy atom. The van der Waals surface area contributed by atoms with Gasteiger partial charge in [-0.05, 0) is 18.1 Å². The molecule has 2 rings (SSSR count). The van der Waals surface area contributed by atoms with Gasteiger partial charge in [-0.15, -0.1) is 0 Å². The van der Waals surface area contributed by atoms with Crippen molar-refractivity contribution in [2.45, 2.75) is 26.3 Å². The standard InChI is InChI=1S/C16H19N3O2/c1-3-10(2)14(15(17)20)19-16(21)12-8-11-6-4-5-7-13(11)18-9-12/h4-10,14H,3H2,1-2H3,(H2,17,20)(H,19,21)/t10-,14+/m0/s1. The predicted molar refractivity (Wildman–Crippen MR) is 81.6 cm³/mol. The summed E-state index contributed by atoms with van der Waals surface area (Å²) in [7, 11) is 0. The van der Waals surface area contributed by atoms with Crippen LogP contribution in [0.25, 0.3) is 10.9 Å². The van der Waals surface area contributed by atoms with Crippen molar-refractivity contribution in [3.63, 3.8) is 0 Å². The zero-order valence-corrected chi connectivity index (χ0v) is 12.2. The minimum absolute atomic E-state index is 0.0140. The third-order valence-corrected chi connectivity index (χ3v) is 3.66. The lowest BCUT2D eigenvalue weighted by Gasteiger charge is -2.21. The zero-order valence-electron chi connectivity index (χ0n) is 12.2. The van der Waals surface area contributed by atoms with E-state index in [9.17, 15) is 9.59 Å². The third-order valence-electron chi connectivity index (χ3n) is 3.66. The van der Waals surface area contributed by atoms with E-state index in [-0.39, 0.29) is 11.8 Å². The minimum atomic E-state index is -0.672. The second kappa shape index (κ2) is 6.35. The lowest BCUT2D eigenvalue weighted by Crippen LogP contribution is -2.48. The van der Waals surface area contributed by atoms with Crippen LogP contribution in [0.2, 0.25) is 0 Å². The van der Waals surface area contributed by atoms with Gasteiger partial charge in [0.1, 0.15) is 6.04 Å². The zero-order chi connectivity index (χ0) is 15.4. The van der Waals surface area contributed by atoms with Gasteiger partial charge in [0.15, 0.2) is 0 Å². The lowest BCUT2D eigenvalue weighted by molar-refractivity contribution is -0.120. The van der Waals surface area contributed by atoms with Crippen molar-refractivity contribution in [2.75, 3.05) is 0 Å². The molecule has 2 amide bonds. The summed E-state index contributed by atoms with van der Waals surface area (Å²) in [5.41, 5.74) is 6.60. The lowest BCUT2D eigenvalue weighted by atomic mass is 9.98. The van der Waals surface area contributed by atoms with Gasteiger partial charge in [0.25, 0.3) is 5.91 Å². The van der Waals surface area contributed by atoms with Crippen molar-refractivity contribution in [1.29, 1.82) is 0 Å². The van der Waals surface area contributed by atoms with Crippen molar-refractivity contribution < 1.29 is 9.59 Å². The molecular formula is C16H19N3O2. The number of hydrogen-bond acceptors (Lipinski definition) is 3. The van der Waals surface area contributed by atoms with E-state index in [2.05, 4.69) is 10.3 Å². The van der Waals surface area contributed by atoms with Crippen molar-refractivity contribution in [2.24, 2.45) is 11.7 Å². The number of benzene rings is 1. The Balaban J connectivity index is 2.23. The number of nitrogens with two attached hydrogens (primary N) is 1. The van der Waals surface area contributed by atoms with E-state index in [1.807, 2.05) is 38.1 Å². The van der Waals surface area contributed by atoms with Crippen LogP contribution in [0.5, 0.6) is 0 Å². The molecule has 0 spiro atoms. The molecule has 0 saturated carbocycles. The first-order chi connectivity index (χ1) is 10.0. The molecule has 110 valence electrons. The van der Waals surface area contributed by atoms with Crippen LogP contribution in [0.4, 0.5) is 0 Å². The highest BCUT2D eigenvalue weighted by Crippen LogP contribution is 2.14. The maximum Gasteiger partial charge on any atom is 0.253 e. The van der Waals surface area contributed by atoms with Gasteiger partial charge < -0.3 is 11.1 Å². The number of pyridine rings is 1. The Labute approximate surface area is 123 Å². The van der Waals surface area contributed by atoms with Crippen LogP contribution >= 0.6 is 0 Å². The summed E-state index contributed by atoms with van der Waals surface area (Å²) in [6.07, 6.45) is 2.26. The molecule has 0 aliphatic carbocycles. The third kappa shape index (κ3) is 3.37. The number of primary amides is 1. The fourth-order valence-corrected chi connectivity index (χ4v) is 2.15. The summed E-state index contributed by atoms with van der Waals surface area (Å²) in [6.45, 7) is 3.83. The number of hydrogen-bond donors (Lipinski definition) is 2. The average Bonchev–Trinajstić information content (AvgIpc) is 2.50. The smallest absolute Gasteiger partial charge is 0.253 e. The molecule has 1 aromatic carbocycles. The second-order valence-electron chi connectivity index (χ2n) is 5.16. The monoisotopic (exact) mass is 285 g/mol. The fourth-order valence-electron chi connectivity index (χ4n) is 2.15. The molecule has 2 atom stereocenters. The van der Waals surface area contributed by atoms with E-state index < -0.39 is 11.9 Å². The summed E-state index contributed by atoms with van der Waals surface area (Å²) >= 11 is 0. The molecule has 3 N–H and O–H groups in total. The molecule has 0 radical (unpaired) electrons. The number of para-hydroxylation sites is 1. The molecule has 0 unspecified atom stereocenters. The van der Waals surface area contributed by atoms with E-state index >= 15 is 0 Å². The van der Waals surface area contributed by atoms with Crippen LogP contribution in [0.1, 0.15) is 30.6 Å². The molecule has 21 heavy (non-hydrogen) atoms. The SMILES string of the molecule is CC[C@H](C)[C@@H](NC(=O)c1cnc2ccccc2c1)C(N)=O. The number of fused-ring (bicyclic) bond motifs is 1. The molecule has 0 aliphatic heterocycles. The van der Waals surface area contributed by atoms with Gasteiger partial charge in [0.2, 0.25) is 5.91 Å². The van der Waals surface area contributed by atoms with Crippen LogP contribution in [-0.4, -0.2) is 22.8 Å². The molecule has 5 heteroatoms. The van der Waals surface area contributed by atoms with Crippen LogP contribution < -0.4 is 11.1 Å². The maximum atomic E-state index is 12.3. The van der Waals surface area contributed by atoms with E-state index in [0.29, 0.717) is 5.56 Å². The second-order valence-corrected chi connectivity index (χ2v) is 5.16. The van der Waals surface area contributed by atoms with Gasteiger partial charge in [-0.1, -0.05) is 38.5 Å². The highest BCUT2D eigenvalue weighted by molar-refractivity contribution is 5.99. The molecular weight excluding hydrogens is 266 g/mol. The van der Waals surface area contributed by atoms with Crippen molar-refractivity contribution in [3.05, 3.63) is 42.1 Å². The highest BCUT2D eigenvalue weighted by Gasteiger charge is 2.24. The molecule has 2 aromatic rings. The van der Waals surface area contributed by atoms with Crippen LogP contribution in [0, 0.1) is 5.92 Å². The minimum Gasteiger partial charge on any atom is -0.368 e. The van der Waals surface area contributed by atoms with Crippen LogP contribution in [0.3, 0.4) is 0 Å². The van der Waals surface area contributed by atoms with Gasteiger partial charge in [-0.3, -0.25) is 14.6 Å². The molecule has 1 aromatic heterocycles. The fraction of sp³-hybridized carbons (Fsp3) is 0.312. The number of nitrogens with one attached hydrogen (secondary N) is 1. The molecule has 0 bridgehead atoms. The Hall–Kier alpha value is -2.43. The number of aromatic nitrogens is 1. The Morgan fingerprint density at radius 2 is 2.05 bits per heavy atom. The van der Waals surface area contributed by atoms with Gasteiger partial charge in [0.05, 0.1) is 11.1 Å². The predicted octanol–water partition coefficient (Wildman–Crippen LogP) is 1.86.